The molecule has 24 heavy (non-hydrogen) atoms. The van der Waals surface area contributed by atoms with Crippen LogP contribution in [0.5, 0.6) is 0 Å². The SMILES string of the molecule is O=C(Cn1cccc1)N1CCC(c2ccccc2Cl)S(=O)(=O)CC1. The molecule has 0 N–H and O–H groups in total. The van der Waals surface area contributed by atoms with Gasteiger partial charge in [-0.1, -0.05) is 29.8 Å². The first-order valence-corrected chi connectivity index (χ1v) is 9.91. The lowest BCUT2D eigenvalue weighted by Gasteiger charge is -2.20. The predicted octanol–water partition coefficient (Wildman–Crippen LogP) is 2.53. The van der Waals surface area contributed by atoms with E-state index in [1.54, 1.807) is 33.7 Å². The van der Waals surface area contributed by atoms with Crippen LogP contribution in [0.3, 0.4) is 0 Å². The first kappa shape index (κ1) is 17.0. The number of carbonyl (C=O) groups is 1. The maximum atomic E-state index is 12.6. The van der Waals surface area contributed by atoms with E-state index in [9.17, 15) is 13.2 Å². The fourth-order valence-electron chi connectivity index (χ4n) is 3.01. The minimum Gasteiger partial charge on any atom is -0.345 e. The van der Waals surface area contributed by atoms with Crippen molar-refractivity contribution in [2.24, 2.45) is 0 Å². The number of sulfone groups is 1. The second-order valence-corrected chi connectivity index (χ2v) is 8.61. The smallest absolute Gasteiger partial charge is 0.242 e. The molecule has 5 nitrogen and oxygen atoms in total. The van der Waals surface area contributed by atoms with Crippen molar-refractivity contribution < 1.29 is 13.2 Å². The third kappa shape index (κ3) is 3.65. The Hall–Kier alpha value is -1.79. The van der Waals surface area contributed by atoms with Crippen LogP contribution >= 0.6 is 11.6 Å². The topological polar surface area (TPSA) is 59.4 Å². The van der Waals surface area contributed by atoms with Crippen LogP contribution in [0, 0.1) is 0 Å². The average Bonchev–Trinajstić information content (AvgIpc) is 2.98. The van der Waals surface area contributed by atoms with Crippen molar-refractivity contribution in [2.75, 3.05) is 18.8 Å². The normalized spacial score (nSPS) is 20.5. The van der Waals surface area contributed by atoms with E-state index in [-0.39, 0.29) is 24.7 Å². The second-order valence-electron chi connectivity index (χ2n) is 5.90. The summed E-state index contributed by atoms with van der Waals surface area (Å²) < 4.78 is 27.1. The fraction of sp³-hybridized carbons (Fsp3) is 0.353. The van der Waals surface area contributed by atoms with Gasteiger partial charge in [-0.2, -0.15) is 0 Å². The van der Waals surface area contributed by atoms with Gasteiger partial charge in [0.15, 0.2) is 9.84 Å². The van der Waals surface area contributed by atoms with Crippen molar-refractivity contribution in [3.63, 3.8) is 0 Å². The molecule has 3 rings (SSSR count). The van der Waals surface area contributed by atoms with Crippen molar-refractivity contribution >= 4 is 27.3 Å². The molecule has 1 aliphatic rings. The molecule has 0 aliphatic carbocycles. The Balaban J connectivity index is 1.77. The molecule has 1 atom stereocenters. The number of halogens is 1. The average molecular weight is 367 g/mol. The molecule has 7 heteroatoms. The minimum absolute atomic E-state index is 0.0414. The number of nitrogens with zero attached hydrogens (tertiary/aromatic N) is 2. The molecule has 0 spiro atoms. The van der Waals surface area contributed by atoms with E-state index >= 15 is 0 Å². The summed E-state index contributed by atoms with van der Waals surface area (Å²) >= 11 is 6.18. The zero-order chi connectivity index (χ0) is 17.2. The van der Waals surface area contributed by atoms with E-state index in [4.69, 9.17) is 11.6 Å². The molecule has 2 heterocycles. The van der Waals surface area contributed by atoms with Gasteiger partial charge in [0.25, 0.3) is 0 Å². The van der Waals surface area contributed by atoms with Crippen LogP contribution in [0.15, 0.2) is 48.8 Å². The van der Waals surface area contributed by atoms with Crippen molar-refractivity contribution in [2.45, 2.75) is 18.2 Å². The molecule has 0 bridgehead atoms. The number of aromatic nitrogens is 1. The molecule has 1 saturated heterocycles. The van der Waals surface area contributed by atoms with Crippen LogP contribution in [0.2, 0.25) is 5.02 Å². The van der Waals surface area contributed by atoms with Crippen molar-refractivity contribution in [1.82, 2.24) is 9.47 Å². The van der Waals surface area contributed by atoms with Gasteiger partial charge in [0.05, 0.1) is 11.0 Å². The van der Waals surface area contributed by atoms with Gasteiger partial charge in [-0.15, -0.1) is 0 Å². The fourth-order valence-corrected chi connectivity index (χ4v) is 5.16. The Morgan fingerprint density at radius 1 is 1.12 bits per heavy atom. The van der Waals surface area contributed by atoms with Gasteiger partial charge in [0, 0.05) is 30.5 Å². The van der Waals surface area contributed by atoms with E-state index in [1.165, 1.54) is 0 Å². The minimum atomic E-state index is -3.35. The monoisotopic (exact) mass is 366 g/mol. The summed E-state index contributed by atoms with van der Waals surface area (Å²) in [4.78, 5) is 14.1. The predicted molar refractivity (Wildman–Crippen MR) is 93.6 cm³/mol. The Morgan fingerprint density at radius 3 is 2.54 bits per heavy atom. The number of hydrogen-bond acceptors (Lipinski definition) is 3. The van der Waals surface area contributed by atoms with Gasteiger partial charge >= 0.3 is 0 Å². The lowest BCUT2D eigenvalue weighted by molar-refractivity contribution is -0.131. The molecule has 1 amide bonds. The summed E-state index contributed by atoms with van der Waals surface area (Å²) in [6.45, 7) is 0.864. The van der Waals surface area contributed by atoms with Crippen LogP contribution in [0.4, 0.5) is 0 Å². The van der Waals surface area contributed by atoms with Crippen LogP contribution in [-0.4, -0.2) is 42.6 Å². The van der Waals surface area contributed by atoms with Crippen LogP contribution in [-0.2, 0) is 21.2 Å². The first-order chi connectivity index (χ1) is 11.5. The lowest BCUT2D eigenvalue weighted by Crippen LogP contribution is -2.35. The second kappa shape index (κ2) is 6.99. The number of amides is 1. The highest BCUT2D eigenvalue weighted by atomic mass is 35.5. The van der Waals surface area contributed by atoms with Crippen molar-refractivity contribution in [1.29, 1.82) is 0 Å². The summed E-state index contributed by atoms with van der Waals surface area (Å²) in [5.41, 5.74) is 0.624. The van der Waals surface area contributed by atoms with E-state index in [0.717, 1.165) is 0 Å². The molecular weight excluding hydrogens is 348 g/mol. The van der Waals surface area contributed by atoms with Gasteiger partial charge in [0.2, 0.25) is 5.91 Å². The lowest BCUT2D eigenvalue weighted by atomic mass is 10.1. The quantitative estimate of drug-likeness (QED) is 0.838. The standard InChI is InChI=1S/C17H19ClN2O3S/c18-15-6-2-1-5-14(15)16-7-10-20(11-12-24(16,22)23)17(21)13-19-8-3-4-9-19/h1-6,8-9,16H,7,10-13H2. The highest BCUT2D eigenvalue weighted by molar-refractivity contribution is 7.91. The summed E-state index contributed by atoms with van der Waals surface area (Å²) in [6, 6.07) is 10.7. The van der Waals surface area contributed by atoms with Gasteiger partial charge in [0.1, 0.15) is 6.54 Å². The van der Waals surface area contributed by atoms with E-state index in [2.05, 4.69) is 0 Å². The molecule has 1 aromatic heterocycles. The molecule has 0 saturated carbocycles. The molecule has 2 aromatic rings. The summed E-state index contributed by atoms with van der Waals surface area (Å²) in [5.74, 6) is -0.110. The molecule has 1 aromatic carbocycles. The van der Waals surface area contributed by atoms with Crippen LogP contribution < -0.4 is 0 Å². The van der Waals surface area contributed by atoms with E-state index in [1.807, 2.05) is 24.5 Å². The van der Waals surface area contributed by atoms with Crippen molar-refractivity contribution in [3.05, 3.63) is 59.4 Å². The maximum Gasteiger partial charge on any atom is 0.242 e. The molecule has 1 unspecified atom stereocenters. The number of rotatable bonds is 3. The number of carbonyl (C=O) groups excluding carboxylic acids is 1. The zero-order valence-electron chi connectivity index (χ0n) is 13.1. The van der Waals surface area contributed by atoms with Crippen LogP contribution in [0.25, 0.3) is 0 Å². The van der Waals surface area contributed by atoms with Gasteiger partial charge in [-0.25, -0.2) is 8.42 Å². The Morgan fingerprint density at radius 2 is 1.83 bits per heavy atom. The Labute approximate surface area is 146 Å². The molecule has 1 fully saturated rings. The number of benzene rings is 1. The third-order valence-corrected chi connectivity index (χ3v) is 6.78. The zero-order valence-corrected chi connectivity index (χ0v) is 14.7. The first-order valence-electron chi connectivity index (χ1n) is 7.82. The molecule has 1 aliphatic heterocycles. The van der Waals surface area contributed by atoms with Gasteiger partial charge in [-0.3, -0.25) is 4.79 Å². The molecule has 128 valence electrons. The van der Waals surface area contributed by atoms with E-state index < -0.39 is 15.1 Å². The summed E-state index contributed by atoms with van der Waals surface area (Å²) in [7, 11) is -3.35. The van der Waals surface area contributed by atoms with Crippen molar-refractivity contribution in [3.8, 4) is 0 Å². The maximum absolute atomic E-state index is 12.6. The van der Waals surface area contributed by atoms with Gasteiger partial charge < -0.3 is 9.47 Å². The Kier molecular flexibility index (Phi) is 4.96. The Bertz CT molecular complexity index is 818. The number of hydrogen-bond donors (Lipinski definition) is 0. The molecule has 0 radical (unpaired) electrons. The van der Waals surface area contributed by atoms with Gasteiger partial charge in [-0.05, 0) is 30.2 Å². The molecular formula is C17H19ClN2O3S. The highest BCUT2D eigenvalue weighted by Gasteiger charge is 2.33. The van der Waals surface area contributed by atoms with Crippen LogP contribution in [0.1, 0.15) is 17.2 Å². The highest BCUT2D eigenvalue weighted by Crippen LogP contribution is 2.33. The summed E-state index contributed by atoms with van der Waals surface area (Å²) in [5, 5.41) is -0.200. The summed E-state index contributed by atoms with van der Waals surface area (Å²) in [6.07, 6.45) is 4.00. The largest absolute Gasteiger partial charge is 0.345 e. The third-order valence-electron chi connectivity index (χ3n) is 4.33. The van der Waals surface area contributed by atoms with E-state index in [0.29, 0.717) is 23.6 Å².